The van der Waals surface area contributed by atoms with Crippen LogP contribution in [0, 0.1) is 0 Å². The topological polar surface area (TPSA) is 55.4 Å². The van der Waals surface area contributed by atoms with Crippen LogP contribution in [0.5, 0.6) is 0 Å². The van der Waals surface area contributed by atoms with E-state index in [1.165, 1.54) is 11.8 Å². The smallest absolute Gasteiger partial charge is 0.286 e. The number of nitrogens with two attached hydrogens (primary N) is 1. The van der Waals surface area contributed by atoms with E-state index in [2.05, 4.69) is 4.99 Å². The predicted octanol–water partition coefficient (Wildman–Crippen LogP) is 2.04. The summed E-state index contributed by atoms with van der Waals surface area (Å²) in [6.07, 6.45) is 1.79. The van der Waals surface area contributed by atoms with Gasteiger partial charge in [0.2, 0.25) is 0 Å². The van der Waals surface area contributed by atoms with Crippen molar-refractivity contribution in [2.24, 2.45) is 10.7 Å². The quantitative estimate of drug-likeness (QED) is 0.765. The molecule has 0 aliphatic carbocycles. The highest BCUT2D eigenvalue weighted by Crippen LogP contribution is 2.25. The lowest BCUT2D eigenvalue weighted by Gasteiger charge is -1.93. The molecule has 0 saturated heterocycles. The van der Waals surface area contributed by atoms with Gasteiger partial charge in [0, 0.05) is 0 Å². The Morgan fingerprint density at radius 3 is 2.47 bits per heavy atom. The first-order valence-corrected chi connectivity index (χ1v) is 4.90. The van der Waals surface area contributed by atoms with Crippen LogP contribution >= 0.6 is 24.2 Å². The number of hydrogen-bond acceptors (Lipinski definition) is 3. The second kappa shape index (κ2) is 5.00. The Balaban J connectivity index is 0.00000112. The number of rotatable bonds is 1. The average Bonchev–Trinajstić information content (AvgIpc) is 2.47. The Labute approximate surface area is 97.9 Å². The maximum atomic E-state index is 11.2. The van der Waals surface area contributed by atoms with Crippen molar-refractivity contribution in [3.63, 3.8) is 0 Å². The summed E-state index contributed by atoms with van der Waals surface area (Å²) in [7, 11) is 0. The van der Waals surface area contributed by atoms with E-state index in [4.69, 9.17) is 5.73 Å². The van der Waals surface area contributed by atoms with Crippen molar-refractivity contribution in [1.29, 1.82) is 0 Å². The molecule has 1 aromatic rings. The van der Waals surface area contributed by atoms with E-state index < -0.39 is 0 Å². The highest BCUT2D eigenvalue weighted by molar-refractivity contribution is 8.18. The lowest BCUT2D eigenvalue weighted by Crippen LogP contribution is -2.01. The van der Waals surface area contributed by atoms with Crippen molar-refractivity contribution in [3.05, 3.63) is 40.8 Å². The van der Waals surface area contributed by atoms with Crippen LogP contribution in [0.2, 0.25) is 0 Å². The summed E-state index contributed by atoms with van der Waals surface area (Å²) in [4.78, 5) is 15.4. The number of halogens is 1. The van der Waals surface area contributed by atoms with Gasteiger partial charge in [-0.25, -0.2) is 0 Å². The van der Waals surface area contributed by atoms with Crippen LogP contribution in [-0.2, 0) is 4.79 Å². The van der Waals surface area contributed by atoms with E-state index in [9.17, 15) is 4.79 Å². The molecule has 3 nitrogen and oxygen atoms in total. The van der Waals surface area contributed by atoms with Crippen LogP contribution in [0.15, 0.2) is 40.2 Å². The third-order valence-electron chi connectivity index (χ3n) is 1.73. The first-order chi connectivity index (χ1) is 6.75. The normalized spacial score (nSPS) is 17.5. The Morgan fingerprint density at radius 1 is 1.27 bits per heavy atom. The van der Waals surface area contributed by atoms with Crippen molar-refractivity contribution in [2.75, 3.05) is 0 Å². The molecule has 2 N–H and O–H groups in total. The zero-order chi connectivity index (χ0) is 9.97. The van der Waals surface area contributed by atoms with Gasteiger partial charge in [-0.15, -0.1) is 12.4 Å². The fourth-order valence-electron chi connectivity index (χ4n) is 1.13. The standard InChI is InChI=1S/C10H8N2OS.ClH/c11-10-12-9(13)8(14-10)6-7-4-2-1-3-5-7;/h1-6H,(H2,11,12,13);1H/b8-6+;. The number of aliphatic imine (C=N–C) groups is 1. The van der Waals surface area contributed by atoms with Crippen molar-refractivity contribution in [2.45, 2.75) is 0 Å². The number of benzene rings is 1. The lowest BCUT2D eigenvalue weighted by molar-refractivity contribution is -0.113. The molecule has 1 heterocycles. The fraction of sp³-hybridized carbons (Fsp3) is 0. The second-order valence-corrected chi connectivity index (χ2v) is 3.84. The molecule has 78 valence electrons. The molecule has 1 aliphatic heterocycles. The average molecular weight is 241 g/mol. The summed E-state index contributed by atoms with van der Waals surface area (Å²) in [6, 6.07) is 9.61. The van der Waals surface area contributed by atoms with Gasteiger partial charge in [-0.2, -0.15) is 4.99 Å². The van der Waals surface area contributed by atoms with E-state index in [1.807, 2.05) is 30.3 Å². The molecule has 0 unspecified atom stereocenters. The zero-order valence-corrected chi connectivity index (χ0v) is 9.35. The van der Waals surface area contributed by atoms with Gasteiger partial charge in [0.25, 0.3) is 5.91 Å². The molecular weight excluding hydrogens is 232 g/mol. The third kappa shape index (κ3) is 2.84. The molecular formula is C10H9ClN2OS. The molecule has 0 spiro atoms. The minimum Gasteiger partial charge on any atom is -0.378 e. The molecule has 0 aromatic heterocycles. The molecule has 0 saturated carbocycles. The van der Waals surface area contributed by atoms with Crippen LogP contribution in [0.4, 0.5) is 0 Å². The van der Waals surface area contributed by atoms with Crippen LogP contribution in [0.25, 0.3) is 6.08 Å². The van der Waals surface area contributed by atoms with Gasteiger partial charge >= 0.3 is 0 Å². The molecule has 0 radical (unpaired) electrons. The number of amidine groups is 1. The molecule has 15 heavy (non-hydrogen) atoms. The maximum Gasteiger partial charge on any atom is 0.286 e. The number of amides is 1. The Hall–Kier alpha value is -1.26. The van der Waals surface area contributed by atoms with Crippen LogP contribution in [0.3, 0.4) is 0 Å². The van der Waals surface area contributed by atoms with Gasteiger partial charge in [-0.3, -0.25) is 4.79 Å². The largest absolute Gasteiger partial charge is 0.378 e. The highest BCUT2D eigenvalue weighted by Gasteiger charge is 2.18. The first-order valence-electron chi connectivity index (χ1n) is 4.09. The van der Waals surface area contributed by atoms with E-state index in [-0.39, 0.29) is 18.3 Å². The summed E-state index contributed by atoms with van der Waals surface area (Å²) in [5.74, 6) is -0.253. The summed E-state index contributed by atoms with van der Waals surface area (Å²) >= 11 is 1.21. The van der Waals surface area contributed by atoms with E-state index in [0.29, 0.717) is 10.1 Å². The minimum absolute atomic E-state index is 0. The first kappa shape index (κ1) is 11.8. The summed E-state index contributed by atoms with van der Waals surface area (Å²) in [5, 5.41) is 0.317. The molecule has 0 bridgehead atoms. The van der Waals surface area contributed by atoms with Crippen molar-refractivity contribution >= 4 is 41.3 Å². The van der Waals surface area contributed by atoms with Gasteiger partial charge in [0.05, 0.1) is 4.91 Å². The predicted molar refractivity (Wildman–Crippen MR) is 65.9 cm³/mol. The maximum absolute atomic E-state index is 11.2. The van der Waals surface area contributed by atoms with E-state index in [1.54, 1.807) is 6.08 Å². The Morgan fingerprint density at radius 2 is 1.93 bits per heavy atom. The summed E-state index contributed by atoms with van der Waals surface area (Å²) in [6.45, 7) is 0. The van der Waals surface area contributed by atoms with Gasteiger partial charge in [0.1, 0.15) is 0 Å². The SMILES string of the molecule is Cl.NC1=NC(=O)/C(=C\c2ccccc2)S1. The van der Waals surface area contributed by atoms with Crippen molar-refractivity contribution in [3.8, 4) is 0 Å². The molecule has 1 amide bonds. The van der Waals surface area contributed by atoms with Crippen LogP contribution in [0.1, 0.15) is 5.56 Å². The van der Waals surface area contributed by atoms with Crippen LogP contribution < -0.4 is 5.73 Å². The Kier molecular flexibility index (Phi) is 3.94. The number of nitrogens with zero attached hydrogens (tertiary/aromatic N) is 1. The van der Waals surface area contributed by atoms with Crippen molar-refractivity contribution in [1.82, 2.24) is 0 Å². The number of carbonyl (C=O) groups excluding carboxylic acids is 1. The summed E-state index contributed by atoms with van der Waals surface area (Å²) < 4.78 is 0. The third-order valence-corrected chi connectivity index (χ3v) is 2.55. The second-order valence-electron chi connectivity index (χ2n) is 2.78. The Bertz CT molecular complexity index is 428. The number of carbonyl (C=O) groups is 1. The minimum atomic E-state index is -0.253. The zero-order valence-electron chi connectivity index (χ0n) is 7.71. The molecule has 0 fully saturated rings. The molecule has 2 rings (SSSR count). The monoisotopic (exact) mass is 240 g/mol. The van der Waals surface area contributed by atoms with Gasteiger partial charge in [0.15, 0.2) is 5.17 Å². The van der Waals surface area contributed by atoms with Gasteiger partial charge in [-0.1, -0.05) is 30.3 Å². The number of hydrogen-bond donors (Lipinski definition) is 1. The van der Waals surface area contributed by atoms with Crippen LogP contribution in [-0.4, -0.2) is 11.1 Å². The van der Waals surface area contributed by atoms with Crippen molar-refractivity contribution < 1.29 is 4.79 Å². The lowest BCUT2D eigenvalue weighted by atomic mass is 10.2. The van der Waals surface area contributed by atoms with E-state index >= 15 is 0 Å². The fourth-order valence-corrected chi connectivity index (χ4v) is 1.81. The molecule has 0 atom stereocenters. The number of thioether (sulfide) groups is 1. The van der Waals surface area contributed by atoms with Gasteiger partial charge in [-0.05, 0) is 23.4 Å². The molecule has 1 aliphatic rings. The van der Waals surface area contributed by atoms with Gasteiger partial charge < -0.3 is 5.73 Å². The molecule has 1 aromatic carbocycles. The van der Waals surface area contributed by atoms with E-state index in [0.717, 1.165) is 5.56 Å². The summed E-state index contributed by atoms with van der Waals surface area (Å²) in [5.41, 5.74) is 6.40. The highest BCUT2D eigenvalue weighted by atomic mass is 35.5. The molecule has 5 heteroatoms.